The van der Waals surface area contributed by atoms with Crippen molar-refractivity contribution in [3.8, 4) is 0 Å². The van der Waals surface area contributed by atoms with Gasteiger partial charge in [-0.25, -0.2) is 0 Å². The monoisotopic (exact) mass is 389 g/mol. The number of rotatable bonds is 6. The van der Waals surface area contributed by atoms with Crippen LogP contribution in [0.2, 0.25) is 0 Å². The minimum Gasteiger partial charge on any atom is -0.348 e. The van der Waals surface area contributed by atoms with Crippen LogP contribution in [0.15, 0.2) is 72.8 Å². The van der Waals surface area contributed by atoms with E-state index in [0.29, 0.717) is 17.8 Å². The summed E-state index contributed by atoms with van der Waals surface area (Å²) in [7, 11) is 0. The molecule has 3 aromatic rings. The zero-order valence-electron chi connectivity index (χ0n) is 15.7. The summed E-state index contributed by atoms with van der Waals surface area (Å²) >= 11 is 0. The molecular weight excluding hydrogens is 370 g/mol. The first kappa shape index (κ1) is 19.8. The molecule has 0 aliphatic carbocycles. The molecule has 3 aromatic carbocycles. The van der Waals surface area contributed by atoms with Gasteiger partial charge in [0.2, 0.25) is 0 Å². The van der Waals surface area contributed by atoms with Crippen LogP contribution >= 0.6 is 0 Å². The highest BCUT2D eigenvalue weighted by Gasteiger charge is 2.19. The Hall–Kier alpha value is -4.00. The van der Waals surface area contributed by atoms with Crippen molar-refractivity contribution in [2.24, 2.45) is 0 Å². The van der Waals surface area contributed by atoms with Crippen LogP contribution in [0.4, 0.5) is 11.4 Å². The van der Waals surface area contributed by atoms with Gasteiger partial charge in [-0.2, -0.15) is 0 Å². The molecule has 0 aliphatic heterocycles. The van der Waals surface area contributed by atoms with Gasteiger partial charge in [-0.1, -0.05) is 48.5 Å². The van der Waals surface area contributed by atoms with Crippen molar-refractivity contribution in [1.29, 1.82) is 0 Å². The Balaban J connectivity index is 1.79. The van der Waals surface area contributed by atoms with Gasteiger partial charge in [-0.3, -0.25) is 19.7 Å². The molecule has 0 atom stereocenters. The number of hydrogen-bond acceptors (Lipinski definition) is 4. The SMILES string of the molecule is Cc1c(C(=O)Nc2ccccc2C(=O)NCc2ccccc2)cccc1[N+](=O)[O-]. The van der Waals surface area contributed by atoms with Gasteiger partial charge in [0.25, 0.3) is 17.5 Å². The Morgan fingerprint density at radius 2 is 1.52 bits per heavy atom. The van der Waals surface area contributed by atoms with Crippen molar-refractivity contribution >= 4 is 23.2 Å². The van der Waals surface area contributed by atoms with Crippen LogP contribution in [0, 0.1) is 17.0 Å². The lowest BCUT2D eigenvalue weighted by molar-refractivity contribution is -0.385. The predicted octanol–water partition coefficient (Wildman–Crippen LogP) is 4.09. The van der Waals surface area contributed by atoms with E-state index < -0.39 is 10.8 Å². The lowest BCUT2D eigenvalue weighted by Gasteiger charge is -2.12. The third-order valence-electron chi connectivity index (χ3n) is 4.46. The van der Waals surface area contributed by atoms with Gasteiger partial charge >= 0.3 is 0 Å². The Morgan fingerprint density at radius 3 is 2.24 bits per heavy atom. The molecule has 146 valence electrons. The molecule has 7 nitrogen and oxygen atoms in total. The Bertz CT molecular complexity index is 1060. The number of anilines is 1. The van der Waals surface area contributed by atoms with Crippen LogP contribution in [-0.4, -0.2) is 16.7 Å². The van der Waals surface area contributed by atoms with Gasteiger partial charge in [-0.05, 0) is 30.7 Å². The molecule has 0 saturated carbocycles. The molecule has 0 fully saturated rings. The van der Waals surface area contributed by atoms with Crippen molar-refractivity contribution in [2.75, 3.05) is 5.32 Å². The molecule has 0 heterocycles. The van der Waals surface area contributed by atoms with E-state index in [1.54, 1.807) is 24.3 Å². The zero-order valence-corrected chi connectivity index (χ0v) is 15.7. The fraction of sp³-hybridized carbons (Fsp3) is 0.0909. The largest absolute Gasteiger partial charge is 0.348 e. The van der Waals surface area contributed by atoms with Gasteiger partial charge < -0.3 is 10.6 Å². The molecule has 0 bridgehead atoms. The van der Waals surface area contributed by atoms with Crippen LogP contribution < -0.4 is 10.6 Å². The summed E-state index contributed by atoms with van der Waals surface area (Å²) < 4.78 is 0. The molecule has 0 radical (unpaired) electrons. The minimum atomic E-state index is -0.531. The molecule has 0 aliphatic rings. The van der Waals surface area contributed by atoms with Crippen molar-refractivity contribution in [1.82, 2.24) is 5.32 Å². The summed E-state index contributed by atoms with van der Waals surface area (Å²) in [5, 5.41) is 16.6. The summed E-state index contributed by atoms with van der Waals surface area (Å²) in [5.74, 6) is -0.852. The van der Waals surface area contributed by atoms with E-state index in [0.717, 1.165) is 5.56 Å². The molecule has 0 aromatic heterocycles. The smallest absolute Gasteiger partial charge is 0.273 e. The summed E-state index contributed by atoms with van der Waals surface area (Å²) in [6.07, 6.45) is 0. The Morgan fingerprint density at radius 1 is 0.862 bits per heavy atom. The zero-order chi connectivity index (χ0) is 20.8. The van der Waals surface area contributed by atoms with Crippen LogP contribution in [-0.2, 0) is 6.54 Å². The van der Waals surface area contributed by atoms with E-state index in [2.05, 4.69) is 10.6 Å². The molecule has 2 amide bonds. The fourth-order valence-electron chi connectivity index (χ4n) is 2.92. The van der Waals surface area contributed by atoms with Gasteiger partial charge in [-0.15, -0.1) is 0 Å². The summed E-state index contributed by atoms with van der Waals surface area (Å²) in [4.78, 5) is 35.9. The van der Waals surface area contributed by atoms with Crippen molar-refractivity contribution in [3.05, 3.63) is 105 Å². The molecule has 7 heteroatoms. The van der Waals surface area contributed by atoms with Crippen LogP contribution in [0.3, 0.4) is 0 Å². The maximum Gasteiger partial charge on any atom is 0.273 e. The van der Waals surface area contributed by atoms with Gasteiger partial charge in [0.15, 0.2) is 0 Å². The summed E-state index contributed by atoms with van der Waals surface area (Å²) in [6.45, 7) is 1.87. The van der Waals surface area contributed by atoms with Crippen molar-refractivity contribution < 1.29 is 14.5 Å². The Labute approximate surface area is 167 Å². The van der Waals surface area contributed by atoms with Crippen LogP contribution in [0.5, 0.6) is 0 Å². The first-order chi connectivity index (χ1) is 14.0. The number of benzene rings is 3. The average Bonchev–Trinajstić information content (AvgIpc) is 2.73. The molecular formula is C22H19N3O4. The second-order valence-electron chi connectivity index (χ2n) is 6.37. The minimum absolute atomic E-state index is 0.133. The van der Waals surface area contributed by atoms with E-state index >= 15 is 0 Å². The highest BCUT2D eigenvalue weighted by atomic mass is 16.6. The number of hydrogen-bond donors (Lipinski definition) is 2. The van der Waals surface area contributed by atoms with Gasteiger partial charge in [0, 0.05) is 23.7 Å². The number of carbonyl (C=O) groups excluding carboxylic acids is 2. The number of nitro groups is 1. The fourth-order valence-corrected chi connectivity index (χ4v) is 2.92. The van der Waals surface area contributed by atoms with E-state index in [9.17, 15) is 19.7 Å². The maximum atomic E-state index is 12.7. The molecule has 0 unspecified atom stereocenters. The van der Waals surface area contributed by atoms with E-state index in [1.807, 2.05) is 30.3 Å². The first-order valence-corrected chi connectivity index (χ1v) is 8.94. The third kappa shape index (κ3) is 4.65. The number of nitrogens with zero attached hydrogens (tertiary/aromatic N) is 1. The number of nitro benzene ring substituents is 1. The predicted molar refractivity (Wildman–Crippen MR) is 110 cm³/mol. The highest BCUT2D eigenvalue weighted by molar-refractivity contribution is 6.09. The number of carbonyl (C=O) groups is 2. The van der Waals surface area contributed by atoms with E-state index in [-0.39, 0.29) is 22.7 Å². The highest BCUT2D eigenvalue weighted by Crippen LogP contribution is 2.23. The van der Waals surface area contributed by atoms with E-state index in [1.165, 1.54) is 25.1 Å². The maximum absolute atomic E-state index is 12.7. The molecule has 3 rings (SSSR count). The molecule has 0 saturated heterocycles. The summed E-state index contributed by atoms with van der Waals surface area (Å²) in [6, 6.07) is 20.4. The molecule has 0 spiro atoms. The quantitative estimate of drug-likeness (QED) is 0.490. The topological polar surface area (TPSA) is 101 Å². The second kappa shape index (κ2) is 8.79. The number of amides is 2. The van der Waals surface area contributed by atoms with Crippen LogP contribution in [0.25, 0.3) is 0 Å². The lowest BCUT2D eigenvalue weighted by atomic mass is 10.1. The van der Waals surface area contributed by atoms with Crippen molar-refractivity contribution in [2.45, 2.75) is 13.5 Å². The van der Waals surface area contributed by atoms with Gasteiger partial charge in [0.1, 0.15) is 0 Å². The normalized spacial score (nSPS) is 10.2. The first-order valence-electron chi connectivity index (χ1n) is 8.94. The molecule has 29 heavy (non-hydrogen) atoms. The number of para-hydroxylation sites is 1. The summed E-state index contributed by atoms with van der Waals surface area (Å²) in [5.41, 5.74) is 1.90. The van der Waals surface area contributed by atoms with Crippen LogP contribution in [0.1, 0.15) is 31.8 Å². The van der Waals surface area contributed by atoms with Crippen molar-refractivity contribution in [3.63, 3.8) is 0 Å². The van der Waals surface area contributed by atoms with Gasteiger partial charge in [0.05, 0.1) is 16.2 Å². The second-order valence-corrected chi connectivity index (χ2v) is 6.37. The third-order valence-corrected chi connectivity index (χ3v) is 4.46. The average molecular weight is 389 g/mol. The Kier molecular flexibility index (Phi) is 5.99. The standard InChI is InChI=1S/C22H19N3O4/c1-15-17(11-7-13-20(15)25(28)29)22(27)24-19-12-6-5-10-18(19)21(26)23-14-16-8-3-2-4-9-16/h2-13H,14H2,1H3,(H,23,26)(H,24,27). The lowest BCUT2D eigenvalue weighted by Crippen LogP contribution is -2.25. The molecule has 2 N–H and O–H groups in total. The number of nitrogens with one attached hydrogen (secondary N) is 2. The van der Waals surface area contributed by atoms with E-state index in [4.69, 9.17) is 0 Å².